The van der Waals surface area contributed by atoms with Gasteiger partial charge in [0.15, 0.2) is 0 Å². The SMILES string of the molecule is C=CC[C@H](NC(=O)OCC1c2ccccc2-c2ccccc21)C(=O)N[C@@H](CC(N)=O)C(N)=O. The van der Waals surface area contributed by atoms with Crippen LogP contribution >= 0.6 is 0 Å². The van der Waals surface area contributed by atoms with Crippen molar-refractivity contribution in [3.05, 3.63) is 72.3 Å². The van der Waals surface area contributed by atoms with Gasteiger partial charge in [-0.1, -0.05) is 54.6 Å². The molecule has 0 heterocycles. The van der Waals surface area contributed by atoms with Gasteiger partial charge < -0.3 is 26.8 Å². The van der Waals surface area contributed by atoms with Gasteiger partial charge in [-0.05, 0) is 28.7 Å². The van der Waals surface area contributed by atoms with Gasteiger partial charge in [-0.3, -0.25) is 14.4 Å². The zero-order chi connectivity index (χ0) is 24.0. The standard InChI is InChI=1S/C24H26N4O5/c1-2-7-19(23(31)27-20(22(26)30)12-21(25)29)28-24(32)33-13-18-16-10-5-3-8-14(16)15-9-4-6-11-17(15)18/h2-6,8-11,18-20H,1,7,12-13H2,(H2,25,29)(H2,26,30)(H,27,31)(H,28,32)/t19-,20-/m0/s1. The molecular formula is C24H26N4O5. The Morgan fingerprint density at radius 2 is 1.52 bits per heavy atom. The van der Waals surface area contributed by atoms with Gasteiger partial charge in [0.1, 0.15) is 18.7 Å². The number of hydrogen-bond donors (Lipinski definition) is 4. The molecule has 9 nitrogen and oxygen atoms in total. The first-order chi connectivity index (χ1) is 15.8. The second kappa shape index (κ2) is 10.4. The zero-order valence-corrected chi connectivity index (χ0v) is 18.0. The first-order valence-electron chi connectivity index (χ1n) is 10.4. The van der Waals surface area contributed by atoms with Crippen molar-refractivity contribution in [1.29, 1.82) is 0 Å². The molecule has 0 fully saturated rings. The fourth-order valence-corrected chi connectivity index (χ4v) is 3.88. The van der Waals surface area contributed by atoms with Gasteiger partial charge in [-0.25, -0.2) is 4.79 Å². The molecule has 0 spiro atoms. The van der Waals surface area contributed by atoms with Crippen molar-refractivity contribution in [2.75, 3.05) is 6.61 Å². The van der Waals surface area contributed by atoms with Gasteiger partial charge >= 0.3 is 6.09 Å². The van der Waals surface area contributed by atoms with E-state index in [0.717, 1.165) is 22.3 Å². The number of ether oxygens (including phenoxy) is 1. The Labute approximate surface area is 191 Å². The van der Waals surface area contributed by atoms with Crippen molar-refractivity contribution in [2.24, 2.45) is 11.5 Å². The van der Waals surface area contributed by atoms with Gasteiger partial charge in [0.25, 0.3) is 0 Å². The number of nitrogens with one attached hydrogen (secondary N) is 2. The summed E-state index contributed by atoms with van der Waals surface area (Å²) in [5.74, 6) is -2.57. The van der Waals surface area contributed by atoms with Gasteiger partial charge in [-0.2, -0.15) is 0 Å². The molecule has 2 atom stereocenters. The Hall–Kier alpha value is -4.14. The molecule has 0 radical (unpaired) electrons. The minimum absolute atomic E-state index is 0.0675. The number of nitrogens with two attached hydrogens (primary N) is 2. The number of hydrogen-bond acceptors (Lipinski definition) is 5. The smallest absolute Gasteiger partial charge is 0.407 e. The molecule has 2 aromatic rings. The van der Waals surface area contributed by atoms with E-state index in [1.165, 1.54) is 6.08 Å². The van der Waals surface area contributed by atoms with Crippen LogP contribution in [0.5, 0.6) is 0 Å². The quantitative estimate of drug-likeness (QED) is 0.402. The highest BCUT2D eigenvalue weighted by molar-refractivity contribution is 5.93. The van der Waals surface area contributed by atoms with Crippen LogP contribution in [0.4, 0.5) is 4.79 Å². The van der Waals surface area contributed by atoms with E-state index in [9.17, 15) is 19.2 Å². The zero-order valence-electron chi connectivity index (χ0n) is 18.0. The fourth-order valence-electron chi connectivity index (χ4n) is 3.88. The van der Waals surface area contributed by atoms with Gasteiger partial charge in [-0.15, -0.1) is 6.58 Å². The second-order valence-corrected chi connectivity index (χ2v) is 7.68. The number of carbonyl (C=O) groups is 4. The lowest BCUT2D eigenvalue weighted by Gasteiger charge is -2.21. The Bertz CT molecular complexity index is 1040. The predicted octanol–water partition coefficient (Wildman–Crippen LogP) is 1.32. The van der Waals surface area contributed by atoms with Crippen LogP contribution in [0.15, 0.2) is 61.2 Å². The topological polar surface area (TPSA) is 154 Å². The maximum Gasteiger partial charge on any atom is 0.407 e. The third-order valence-corrected chi connectivity index (χ3v) is 5.42. The van der Waals surface area contributed by atoms with Gasteiger partial charge in [0.05, 0.1) is 6.42 Å². The average Bonchev–Trinajstić information content (AvgIpc) is 3.10. The molecule has 0 saturated carbocycles. The van der Waals surface area contributed by atoms with E-state index in [2.05, 4.69) is 17.2 Å². The van der Waals surface area contributed by atoms with Crippen LogP contribution in [0.25, 0.3) is 11.1 Å². The van der Waals surface area contributed by atoms with Crippen molar-refractivity contribution in [1.82, 2.24) is 10.6 Å². The Morgan fingerprint density at radius 1 is 0.939 bits per heavy atom. The number of rotatable bonds is 10. The molecule has 33 heavy (non-hydrogen) atoms. The summed E-state index contributed by atoms with van der Waals surface area (Å²) in [5, 5.41) is 4.80. The largest absolute Gasteiger partial charge is 0.449 e. The molecule has 0 aliphatic heterocycles. The van der Waals surface area contributed by atoms with Crippen LogP contribution in [-0.4, -0.2) is 42.5 Å². The van der Waals surface area contributed by atoms with E-state index in [0.29, 0.717) is 0 Å². The molecule has 4 amide bonds. The summed E-state index contributed by atoms with van der Waals surface area (Å²) in [7, 11) is 0. The summed E-state index contributed by atoms with van der Waals surface area (Å²) in [6, 6.07) is 13.5. The van der Waals surface area contributed by atoms with E-state index < -0.39 is 42.3 Å². The van der Waals surface area contributed by atoms with E-state index in [1.54, 1.807) is 0 Å². The maximum absolute atomic E-state index is 12.6. The fraction of sp³-hybridized carbons (Fsp3) is 0.250. The van der Waals surface area contributed by atoms with Crippen molar-refractivity contribution >= 4 is 23.8 Å². The van der Waals surface area contributed by atoms with E-state index in [4.69, 9.17) is 16.2 Å². The average molecular weight is 450 g/mol. The first kappa shape index (κ1) is 23.5. The van der Waals surface area contributed by atoms with E-state index >= 15 is 0 Å². The van der Waals surface area contributed by atoms with E-state index in [1.807, 2.05) is 48.5 Å². The van der Waals surface area contributed by atoms with Crippen LogP contribution in [0.2, 0.25) is 0 Å². The summed E-state index contributed by atoms with van der Waals surface area (Å²) in [5.41, 5.74) is 14.6. The summed E-state index contributed by atoms with van der Waals surface area (Å²) in [4.78, 5) is 47.7. The van der Waals surface area contributed by atoms with Crippen LogP contribution in [0.3, 0.4) is 0 Å². The maximum atomic E-state index is 12.6. The molecule has 6 N–H and O–H groups in total. The first-order valence-corrected chi connectivity index (χ1v) is 10.4. The molecule has 0 aromatic heterocycles. The molecule has 1 aliphatic carbocycles. The van der Waals surface area contributed by atoms with Crippen LogP contribution < -0.4 is 22.1 Å². The molecule has 2 aromatic carbocycles. The molecule has 172 valence electrons. The molecular weight excluding hydrogens is 424 g/mol. The number of benzene rings is 2. The number of fused-ring (bicyclic) bond motifs is 3. The highest BCUT2D eigenvalue weighted by atomic mass is 16.5. The van der Waals surface area contributed by atoms with Crippen molar-refractivity contribution < 1.29 is 23.9 Å². The third kappa shape index (κ3) is 5.57. The summed E-state index contributed by atoms with van der Waals surface area (Å²) in [6.45, 7) is 3.65. The second-order valence-electron chi connectivity index (χ2n) is 7.68. The molecule has 9 heteroatoms. The predicted molar refractivity (Wildman–Crippen MR) is 122 cm³/mol. The molecule has 3 rings (SSSR count). The lowest BCUT2D eigenvalue weighted by atomic mass is 9.98. The Morgan fingerprint density at radius 3 is 2.03 bits per heavy atom. The van der Waals surface area contributed by atoms with Crippen molar-refractivity contribution in [3.63, 3.8) is 0 Å². The summed E-state index contributed by atoms with van der Waals surface area (Å²) < 4.78 is 5.45. The number of primary amides is 2. The minimum atomic E-state index is -1.29. The van der Waals surface area contributed by atoms with E-state index in [-0.39, 0.29) is 18.9 Å². The molecule has 0 bridgehead atoms. The highest BCUT2D eigenvalue weighted by Gasteiger charge is 2.30. The molecule has 0 saturated heterocycles. The Balaban J connectivity index is 1.65. The number of amides is 4. The van der Waals surface area contributed by atoms with Crippen molar-refractivity contribution in [3.8, 4) is 11.1 Å². The summed E-state index contributed by atoms with van der Waals surface area (Å²) in [6.07, 6.45) is 0.246. The minimum Gasteiger partial charge on any atom is -0.449 e. The van der Waals surface area contributed by atoms with Crippen LogP contribution in [-0.2, 0) is 19.1 Å². The van der Waals surface area contributed by atoms with Crippen LogP contribution in [0.1, 0.15) is 29.9 Å². The lowest BCUT2D eigenvalue weighted by Crippen LogP contribution is -2.53. The van der Waals surface area contributed by atoms with Crippen molar-refractivity contribution in [2.45, 2.75) is 30.8 Å². The molecule has 1 aliphatic rings. The normalized spacial score (nSPS) is 13.7. The summed E-state index contributed by atoms with van der Waals surface area (Å²) >= 11 is 0. The number of alkyl carbamates (subject to hydrolysis) is 1. The van der Waals surface area contributed by atoms with Gasteiger partial charge in [0, 0.05) is 5.92 Å². The van der Waals surface area contributed by atoms with Gasteiger partial charge in [0.2, 0.25) is 17.7 Å². The Kier molecular flexibility index (Phi) is 7.45. The highest BCUT2D eigenvalue weighted by Crippen LogP contribution is 2.44. The number of carbonyl (C=O) groups excluding carboxylic acids is 4. The van der Waals surface area contributed by atoms with Crippen LogP contribution in [0, 0.1) is 0 Å². The molecule has 0 unspecified atom stereocenters. The third-order valence-electron chi connectivity index (χ3n) is 5.42. The lowest BCUT2D eigenvalue weighted by molar-refractivity contribution is -0.130. The monoisotopic (exact) mass is 450 g/mol.